The van der Waals surface area contributed by atoms with Crippen LogP contribution in [0.5, 0.6) is 0 Å². The number of hydrogen-bond donors (Lipinski definition) is 0. The summed E-state index contributed by atoms with van der Waals surface area (Å²) < 4.78 is 8.95. The van der Waals surface area contributed by atoms with Gasteiger partial charge >= 0.3 is 0 Å². The van der Waals surface area contributed by atoms with E-state index in [1.165, 1.54) is 42.1 Å². The molecule has 0 radical (unpaired) electrons. The SMILES string of the molecule is c1ccc(-c2ccc(N(c3ccc4c(c3)oc3ccccc34)c3cccc4c3sc3ccccc34)c3ccccc23)cc1. The van der Waals surface area contributed by atoms with E-state index in [0.717, 1.165) is 39.0 Å². The van der Waals surface area contributed by atoms with Crippen LogP contribution >= 0.6 is 11.3 Å². The van der Waals surface area contributed by atoms with Crippen molar-refractivity contribution in [3.63, 3.8) is 0 Å². The summed E-state index contributed by atoms with van der Waals surface area (Å²) in [6.07, 6.45) is 0. The van der Waals surface area contributed by atoms with Gasteiger partial charge in [0.1, 0.15) is 11.2 Å². The van der Waals surface area contributed by atoms with Gasteiger partial charge in [-0.2, -0.15) is 0 Å². The highest BCUT2D eigenvalue weighted by Gasteiger charge is 2.22. The molecule has 0 spiro atoms. The summed E-state index contributed by atoms with van der Waals surface area (Å²) in [6, 6.07) is 54.2. The Labute approximate surface area is 252 Å². The van der Waals surface area contributed by atoms with Crippen molar-refractivity contribution in [3.05, 3.63) is 152 Å². The predicted molar refractivity (Wildman–Crippen MR) is 184 cm³/mol. The quantitative estimate of drug-likeness (QED) is 0.210. The minimum Gasteiger partial charge on any atom is -0.456 e. The number of nitrogens with zero attached hydrogens (tertiary/aromatic N) is 1. The van der Waals surface area contributed by atoms with Crippen LogP contribution in [0.4, 0.5) is 17.1 Å². The van der Waals surface area contributed by atoms with Crippen LogP contribution in [0.2, 0.25) is 0 Å². The van der Waals surface area contributed by atoms with Crippen LogP contribution in [-0.2, 0) is 0 Å². The van der Waals surface area contributed by atoms with E-state index in [0.29, 0.717) is 0 Å². The van der Waals surface area contributed by atoms with Gasteiger partial charge in [0.25, 0.3) is 0 Å². The lowest BCUT2D eigenvalue weighted by Crippen LogP contribution is -2.10. The Hall–Kier alpha value is -5.38. The van der Waals surface area contributed by atoms with Gasteiger partial charge in [0.15, 0.2) is 0 Å². The number of hydrogen-bond acceptors (Lipinski definition) is 3. The number of thiophene rings is 1. The molecule has 0 bridgehead atoms. The standard InChI is InChI=1S/C40H25NOS/c1-2-11-26(12-3-1)28-23-24-35(30-14-5-4-13-29(28)30)41(27-21-22-32-31-15-6-8-19-37(31)42-38(32)25-27)36-18-10-17-34-33-16-7-9-20-39(33)43-40(34)36/h1-25H. The monoisotopic (exact) mass is 567 g/mol. The molecule has 2 heterocycles. The minimum atomic E-state index is 0.887. The maximum absolute atomic E-state index is 6.39. The zero-order valence-corrected chi connectivity index (χ0v) is 24.0. The average Bonchev–Trinajstić information content (AvgIpc) is 3.64. The topological polar surface area (TPSA) is 16.4 Å². The molecular formula is C40H25NOS. The molecule has 0 aliphatic heterocycles. The third-order valence-electron chi connectivity index (χ3n) is 8.47. The number of fused-ring (bicyclic) bond motifs is 7. The Bertz CT molecular complexity index is 2470. The van der Waals surface area contributed by atoms with Crippen LogP contribution in [0, 0.1) is 0 Å². The third kappa shape index (κ3) is 3.79. The van der Waals surface area contributed by atoms with E-state index in [4.69, 9.17) is 4.42 Å². The lowest BCUT2D eigenvalue weighted by atomic mass is 9.96. The van der Waals surface area contributed by atoms with Gasteiger partial charge < -0.3 is 9.32 Å². The van der Waals surface area contributed by atoms with E-state index in [-0.39, 0.29) is 0 Å². The van der Waals surface area contributed by atoms with Crippen molar-refractivity contribution < 1.29 is 4.42 Å². The second-order valence-corrected chi connectivity index (χ2v) is 12.0. The molecule has 0 N–H and O–H groups in total. The molecule has 0 atom stereocenters. The number of rotatable bonds is 4. The van der Waals surface area contributed by atoms with Crippen LogP contribution in [0.3, 0.4) is 0 Å². The highest BCUT2D eigenvalue weighted by molar-refractivity contribution is 7.26. The molecule has 0 aliphatic rings. The Kier molecular flexibility index (Phi) is 5.40. The number of furan rings is 1. The van der Waals surface area contributed by atoms with Crippen LogP contribution in [0.1, 0.15) is 0 Å². The van der Waals surface area contributed by atoms with Gasteiger partial charge in [-0.25, -0.2) is 0 Å². The molecule has 7 aromatic carbocycles. The first-order valence-electron chi connectivity index (χ1n) is 14.5. The molecule has 0 aliphatic carbocycles. The molecule has 0 saturated heterocycles. The largest absolute Gasteiger partial charge is 0.456 e. The predicted octanol–water partition coefficient (Wildman–Crippen LogP) is 12.2. The molecular weight excluding hydrogens is 543 g/mol. The minimum absolute atomic E-state index is 0.887. The Balaban J connectivity index is 1.35. The Morgan fingerprint density at radius 3 is 2.02 bits per heavy atom. The van der Waals surface area contributed by atoms with Gasteiger partial charge in [-0.05, 0) is 52.9 Å². The van der Waals surface area contributed by atoms with Crippen LogP contribution < -0.4 is 4.90 Å². The van der Waals surface area contributed by atoms with Gasteiger partial charge in [0.05, 0.1) is 16.1 Å². The lowest BCUT2D eigenvalue weighted by Gasteiger charge is -2.28. The fourth-order valence-corrected chi connectivity index (χ4v) is 7.72. The maximum atomic E-state index is 6.39. The lowest BCUT2D eigenvalue weighted by molar-refractivity contribution is 0.669. The van der Waals surface area contributed by atoms with Crippen LogP contribution in [-0.4, -0.2) is 0 Å². The molecule has 0 fully saturated rings. The number of anilines is 3. The maximum Gasteiger partial charge on any atom is 0.137 e. The molecule has 2 nitrogen and oxygen atoms in total. The molecule has 0 amide bonds. The third-order valence-corrected chi connectivity index (χ3v) is 9.68. The van der Waals surface area contributed by atoms with E-state index in [2.05, 4.69) is 144 Å². The van der Waals surface area contributed by atoms with Gasteiger partial charge in [0.2, 0.25) is 0 Å². The van der Waals surface area contributed by atoms with E-state index in [1.54, 1.807) is 0 Å². The average molecular weight is 568 g/mol. The van der Waals surface area contributed by atoms with Gasteiger partial charge in [-0.15, -0.1) is 11.3 Å². The normalized spacial score (nSPS) is 11.7. The first kappa shape index (κ1) is 24.2. The van der Waals surface area contributed by atoms with Crippen molar-refractivity contribution in [2.24, 2.45) is 0 Å². The molecule has 43 heavy (non-hydrogen) atoms. The molecule has 0 saturated carbocycles. The van der Waals surface area contributed by atoms with Crippen molar-refractivity contribution in [2.75, 3.05) is 4.90 Å². The molecule has 3 heteroatoms. The first-order valence-corrected chi connectivity index (χ1v) is 15.3. The van der Waals surface area contributed by atoms with Gasteiger partial charge in [0, 0.05) is 43.4 Å². The highest BCUT2D eigenvalue weighted by atomic mass is 32.1. The van der Waals surface area contributed by atoms with Crippen molar-refractivity contribution in [2.45, 2.75) is 0 Å². The van der Waals surface area contributed by atoms with Gasteiger partial charge in [-0.1, -0.05) is 109 Å². The second kappa shape index (κ2) is 9.59. The van der Waals surface area contributed by atoms with Gasteiger partial charge in [-0.3, -0.25) is 0 Å². The van der Waals surface area contributed by atoms with Crippen molar-refractivity contribution >= 4 is 81.3 Å². The Morgan fingerprint density at radius 1 is 0.442 bits per heavy atom. The molecule has 9 aromatic rings. The summed E-state index contributed by atoms with van der Waals surface area (Å²) in [6.45, 7) is 0. The summed E-state index contributed by atoms with van der Waals surface area (Å²) in [5.74, 6) is 0. The smallest absolute Gasteiger partial charge is 0.137 e. The number of para-hydroxylation sites is 1. The second-order valence-electron chi connectivity index (χ2n) is 10.9. The summed E-state index contributed by atoms with van der Waals surface area (Å²) >= 11 is 1.85. The zero-order chi connectivity index (χ0) is 28.3. The molecule has 0 unspecified atom stereocenters. The molecule has 202 valence electrons. The highest BCUT2D eigenvalue weighted by Crippen LogP contribution is 2.48. The fraction of sp³-hybridized carbons (Fsp3) is 0. The van der Waals surface area contributed by atoms with E-state index in [9.17, 15) is 0 Å². The van der Waals surface area contributed by atoms with Crippen LogP contribution in [0.25, 0.3) is 64.0 Å². The molecule has 9 rings (SSSR count). The summed E-state index contributed by atoms with van der Waals surface area (Å²) in [7, 11) is 0. The zero-order valence-electron chi connectivity index (χ0n) is 23.2. The van der Waals surface area contributed by atoms with E-state index in [1.807, 2.05) is 23.5 Å². The fourth-order valence-electron chi connectivity index (χ4n) is 6.52. The molecule has 2 aromatic heterocycles. The van der Waals surface area contributed by atoms with Crippen molar-refractivity contribution in [1.29, 1.82) is 0 Å². The summed E-state index contributed by atoms with van der Waals surface area (Å²) in [5.41, 5.74) is 7.60. The Morgan fingerprint density at radius 2 is 1.14 bits per heavy atom. The van der Waals surface area contributed by atoms with E-state index < -0.39 is 0 Å². The first-order chi connectivity index (χ1) is 21.3. The van der Waals surface area contributed by atoms with Crippen LogP contribution in [0.15, 0.2) is 156 Å². The van der Waals surface area contributed by atoms with E-state index >= 15 is 0 Å². The summed E-state index contributed by atoms with van der Waals surface area (Å²) in [5, 5.41) is 7.26. The van der Waals surface area contributed by atoms with Crippen molar-refractivity contribution in [1.82, 2.24) is 0 Å². The number of benzene rings is 7. The van der Waals surface area contributed by atoms with Crippen molar-refractivity contribution in [3.8, 4) is 11.1 Å². The summed E-state index contributed by atoms with van der Waals surface area (Å²) in [4.78, 5) is 2.42.